The first-order valence-electron chi connectivity index (χ1n) is 3.59. The van der Waals surface area contributed by atoms with Gasteiger partial charge >= 0.3 is 6.55 Å². The van der Waals surface area contributed by atoms with Crippen LogP contribution in [0, 0.1) is 0 Å². The summed E-state index contributed by atoms with van der Waals surface area (Å²) in [5.74, 6) is 0. The Morgan fingerprint density at radius 1 is 1.46 bits per heavy atom. The smallest absolute Gasteiger partial charge is 0.274 e. The highest BCUT2D eigenvalue weighted by Gasteiger charge is 2.13. The van der Waals surface area contributed by atoms with Crippen LogP contribution < -0.4 is 0 Å². The first-order chi connectivity index (χ1) is 6.20. The van der Waals surface area contributed by atoms with Crippen LogP contribution in [0.4, 0.5) is 8.78 Å². The summed E-state index contributed by atoms with van der Waals surface area (Å²) in [5.41, 5.74) is 0.211. The fourth-order valence-corrected chi connectivity index (χ4v) is 1.44. The summed E-state index contributed by atoms with van der Waals surface area (Å²) >= 11 is 5.73. The molecular weight excluding hydrogens is 198 g/mol. The summed E-state index contributed by atoms with van der Waals surface area (Å²) < 4.78 is 25.5. The molecule has 0 aliphatic carbocycles. The Labute approximate surface area is 77.8 Å². The van der Waals surface area contributed by atoms with E-state index >= 15 is 0 Å². The van der Waals surface area contributed by atoms with Crippen molar-refractivity contribution >= 4 is 22.6 Å². The molecule has 0 bridgehead atoms. The number of pyridine rings is 1. The van der Waals surface area contributed by atoms with E-state index in [-0.39, 0.29) is 5.65 Å². The molecule has 0 saturated heterocycles. The fraction of sp³-hybridized carbons (Fsp3) is 0.125. The summed E-state index contributed by atoms with van der Waals surface area (Å²) in [7, 11) is 0. The van der Waals surface area contributed by atoms with Crippen molar-refractivity contribution in [2.24, 2.45) is 0 Å². The molecule has 0 spiro atoms. The topological polar surface area (TPSA) is 17.8 Å². The van der Waals surface area contributed by atoms with E-state index in [2.05, 4.69) is 4.98 Å². The third-order valence-electron chi connectivity index (χ3n) is 1.75. The van der Waals surface area contributed by atoms with Gasteiger partial charge in [-0.2, -0.15) is 8.78 Å². The van der Waals surface area contributed by atoms with Crippen molar-refractivity contribution in [1.82, 2.24) is 9.55 Å². The van der Waals surface area contributed by atoms with Crippen LogP contribution in [-0.2, 0) is 0 Å². The summed E-state index contributed by atoms with van der Waals surface area (Å²) in [6.07, 6.45) is 2.64. The molecule has 0 aliphatic rings. The molecule has 5 heteroatoms. The first kappa shape index (κ1) is 8.44. The number of alkyl halides is 2. The number of halogens is 3. The zero-order valence-electron chi connectivity index (χ0n) is 6.42. The Kier molecular flexibility index (Phi) is 1.92. The van der Waals surface area contributed by atoms with Crippen LogP contribution in [0.15, 0.2) is 24.5 Å². The van der Waals surface area contributed by atoms with Crippen molar-refractivity contribution in [3.05, 3.63) is 29.5 Å². The van der Waals surface area contributed by atoms with Gasteiger partial charge in [0.05, 0.1) is 5.02 Å². The maximum atomic E-state index is 12.4. The van der Waals surface area contributed by atoms with Crippen molar-refractivity contribution in [3.63, 3.8) is 0 Å². The lowest BCUT2D eigenvalue weighted by atomic mass is 10.3. The van der Waals surface area contributed by atoms with E-state index in [4.69, 9.17) is 11.6 Å². The van der Waals surface area contributed by atoms with Gasteiger partial charge < -0.3 is 0 Å². The van der Waals surface area contributed by atoms with Crippen molar-refractivity contribution in [3.8, 4) is 0 Å². The standard InChI is InChI=1S/C8H5ClF2N2/c9-6-4-13(8(10)11)7-5(6)2-1-3-12-7/h1-4,8H. The summed E-state index contributed by atoms with van der Waals surface area (Å²) in [5, 5.41) is 0.841. The Hall–Kier alpha value is -1.16. The highest BCUT2D eigenvalue weighted by Crippen LogP contribution is 2.27. The van der Waals surface area contributed by atoms with Crippen LogP contribution >= 0.6 is 11.6 Å². The minimum absolute atomic E-state index is 0.211. The lowest BCUT2D eigenvalue weighted by molar-refractivity contribution is 0.0746. The first-order valence-corrected chi connectivity index (χ1v) is 3.97. The number of rotatable bonds is 1. The van der Waals surface area contributed by atoms with Gasteiger partial charge in [-0.25, -0.2) is 4.98 Å². The molecule has 0 aliphatic heterocycles. The van der Waals surface area contributed by atoms with Gasteiger partial charge in [0, 0.05) is 17.8 Å². The van der Waals surface area contributed by atoms with Crippen LogP contribution in [0.1, 0.15) is 6.55 Å². The van der Waals surface area contributed by atoms with Gasteiger partial charge in [-0.15, -0.1) is 0 Å². The van der Waals surface area contributed by atoms with E-state index in [1.807, 2.05) is 0 Å². The second-order valence-electron chi connectivity index (χ2n) is 2.54. The van der Waals surface area contributed by atoms with E-state index in [1.165, 1.54) is 12.4 Å². The van der Waals surface area contributed by atoms with E-state index < -0.39 is 6.55 Å². The maximum absolute atomic E-state index is 12.4. The van der Waals surface area contributed by atoms with Gasteiger partial charge in [-0.05, 0) is 12.1 Å². The summed E-state index contributed by atoms with van der Waals surface area (Å²) in [6, 6.07) is 3.31. The molecule has 68 valence electrons. The van der Waals surface area contributed by atoms with Gasteiger partial charge in [0.2, 0.25) is 0 Å². The van der Waals surface area contributed by atoms with Crippen molar-refractivity contribution < 1.29 is 8.78 Å². The molecule has 0 radical (unpaired) electrons. The molecule has 0 aromatic carbocycles. The third-order valence-corrected chi connectivity index (χ3v) is 2.05. The minimum atomic E-state index is -2.61. The highest BCUT2D eigenvalue weighted by molar-refractivity contribution is 6.35. The van der Waals surface area contributed by atoms with Crippen LogP contribution in [0.25, 0.3) is 11.0 Å². The fourth-order valence-electron chi connectivity index (χ4n) is 1.19. The molecular formula is C8H5ClF2N2. The molecule has 0 fully saturated rings. The zero-order valence-corrected chi connectivity index (χ0v) is 7.17. The van der Waals surface area contributed by atoms with E-state index in [1.54, 1.807) is 12.1 Å². The van der Waals surface area contributed by atoms with Gasteiger partial charge in [0.1, 0.15) is 5.65 Å². The van der Waals surface area contributed by atoms with Gasteiger partial charge in [-0.3, -0.25) is 4.57 Å². The van der Waals surface area contributed by atoms with Crippen LogP contribution in [-0.4, -0.2) is 9.55 Å². The Morgan fingerprint density at radius 3 is 2.92 bits per heavy atom. The monoisotopic (exact) mass is 202 g/mol. The molecule has 0 unspecified atom stereocenters. The minimum Gasteiger partial charge on any atom is -0.274 e. The molecule has 13 heavy (non-hydrogen) atoms. The van der Waals surface area contributed by atoms with Crippen LogP contribution in [0.5, 0.6) is 0 Å². The predicted octanol–water partition coefficient (Wildman–Crippen LogP) is 3.08. The number of hydrogen-bond donors (Lipinski definition) is 0. The number of fused-ring (bicyclic) bond motifs is 1. The van der Waals surface area contributed by atoms with Gasteiger partial charge in [-0.1, -0.05) is 11.6 Å². The zero-order chi connectivity index (χ0) is 9.42. The quantitative estimate of drug-likeness (QED) is 0.695. The molecule has 2 rings (SSSR count). The number of aromatic nitrogens is 2. The molecule has 0 amide bonds. The summed E-state index contributed by atoms with van der Waals surface area (Å²) in [4.78, 5) is 3.82. The molecule has 2 heterocycles. The van der Waals surface area contributed by atoms with Crippen molar-refractivity contribution in [2.45, 2.75) is 6.55 Å². The van der Waals surface area contributed by atoms with Crippen LogP contribution in [0.2, 0.25) is 5.02 Å². The van der Waals surface area contributed by atoms with Gasteiger partial charge in [0.15, 0.2) is 0 Å². The maximum Gasteiger partial charge on any atom is 0.320 e. The second-order valence-corrected chi connectivity index (χ2v) is 2.94. The second kappa shape index (κ2) is 2.96. The van der Waals surface area contributed by atoms with Crippen molar-refractivity contribution in [2.75, 3.05) is 0 Å². The average molecular weight is 203 g/mol. The molecule has 2 nitrogen and oxygen atoms in total. The van der Waals surface area contributed by atoms with Gasteiger partial charge in [0.25, 0.3) is 0 Å². The number of nitrogens with zero attached hydrogens (tertiary/aromatic N) is 2. The molecule has 2 aromatic rings. The van der Waals surface area contributed by atoms with E-state index in [0.717, 1.165) is 4.57 Å². The van der Waals surface area contributed by atoms with E-state index in [9.17, 15) is 8.78 Å². The molecule has 0 saturated carbocycles. The molecule has 0 atom stereocenters. The predicted molar refractivity (Wildman–Crippen MR) is 46.0 cm³/mol. The van der Waals surface area contributed by atoms with Crippen LogP contribution in [0.3, 0.4) is 0 Å². The highest BCUT2D eigenvalue weighted by atomic mass is 35.5. The molecule has 0 N–H and O–H groups in total. The van der Waals surface area contributed by atoms with E-state index in [0.29, 0.717) is 10.4 Å². The lowest BCUT2D eigenvalue weighted by Crippen LogP contribution is -1.96. The Balaban J connectivity index is 2.78. The average Bonchev–Trinajstić information content (AvgIpc) is 2.45. The largest absolute Gasteiger partial charge is 0.320 e. The summed E-state index contributed by atoms with van der Waals surface area (Å²) in [6.45, 7) is -2.61. The normalized spacial score (nSPS) is 11.4. The number of hydrogen-bond acceptors (Lipinski definition) is 1. The Morgan fingerprint density at radius 2 is 2.23 bits per heavy atom. The third kappa shape index (κ3) is 1.27. The van der Waals surface area contributed by atoms with Crippen molar-refractivity contribution in [1.29, 1.82) is 0 Å². The molecule has 2 aromatic heterocycles. The lowest BCUT2D eigenvalue weighted by Gasteiger charge is -2.00. The Bertz CT molecular complexity index is 439. The SMILES string of the molecule is FC(F)n1cc(Cl)c2cccnc21.